The molecule has 1 amide bonds. The number of anilines is 1. The third-order valence-electron chi connectivity index (χ3n) is 5.93. The zero-order valence-corrected chi connectivity index (χ0v) is 20.5. The summed E-state index contributed by atoms with van der Waals surface area (Å²) in [5, 5.41) is 15.0. The minimum Gasteiger partial charge on any atom is -0.494 e. The maximum absolute atomic E-state index is 13.3. The van der Waals surface area contributed by atoms with E-state index in [9.17, 15) is 14.7 Å². The first-order chi connectivity index (χ1) is 17.3. The van der Waals surface area contributed by atoms with Crippen molar-refractivity contribution in [3.8, 4) is 23.1 Å². The van der Waals surface area contributed by atoms with Crippen LogP contribution >= 0.6 is 0 Å². The standard InChI is InChI=1S/C28H27N3O5/c1-17-8-7-9-18(2)26(17)30-25(32)16-29-15-22-20-10-5-6-11-21(20)27(33)31(28(22)34)19-12-13-23(35-3)24(14-19)36-4/h5-15,34H,16H2,1-4H3,(H,30,32). The van der Waals surface area contributed by atoms with Gasteiger partial charge in [-0.25, -0.2) is 4.57 Å². The summed E-state index contributed by atoms with van der Waals surface area (Å²) in [6.07, 6.45) is 1.42. The number of hydrogen-bond acceptors (Lipinski definition) is 6. The third-order valence-corrected chi connectivity index (χ3v) is 5.93. The van der Waals surface area contributed by atoms with Crippen molar-refractivity contribution in [1.29, 1.82) is 0 Å². The molecule has 0 aliphatic heterocycles. The predicted octanol–water partition coefficient (Wildman–Crippen LogP) is 4.39. The number of methoxy groups -OCH3 is 2. The number of nitrogens with zero attached hydrogens (tertiary/aromatic N) is 2. The summed E-state index contributed by atoms with van der Waals surface area (Å²) < 4.78 is 11.8. The molecule has 4 rings (SSSR count). The van der Waals surface area contributed by atoms with E-state index < -0.39 is 5.56 Å². The van der Waals surface area contributed by atoms with E-state index in [2.05, 4.69) is 10.3 Å². The lowest BCUT2D eigenvalue weighted by molar-refractivity contribution is -0.114. The molecule has 8 nitrogen and oxygen atoms in total. The van der Waals surface area contributed by atoms with Crippen molar-refractivity contribution in [2.75, 3.05) is 26.1 Å². The van der Waals surface area contributed by atoms with Gasteiger partial charge in [-0.3, -0.25) is 14.6 Å². The molecule has 0 aliphatic carbocycles. The second kappa shape index (κ2) is 10.4. The summed E-state index contributed by atoms with van der Waals surface area (Å²) >= 11 is 0. The lowest BCUT2D eigenvalue weighted by Crippen LogP contribution is -2.20. The Labute approximate surface area is 208 Å². The third kappa shape index (κ3) is 4.65. The minimum atomic E-state index is -0.403. The van der Waals surface area contributed by atoms with E-state index in [1.165, 1.54) is 25.0 Å². The van der Waals surface area contributed by atoms with Crippen LogP contribution in [0.25, 0.3) is 16.5 Å². The lowest BCUT2D eigenvalue weighted by Gasteiger charge is -2.15. The van der Waals surface area contributed by atoms with Crippen LogP contribution in [0, 0.1) is 13.8 Å². The van der Waals surface area contributed by atoms with Crippen LogP contribution < -0.4 is 20.3 Å². The molecule has 4 aromatic rings. The summed E-state index contributed by atoms with van der Waals surface area (Å²) in [6.45, 7) is 3.69. The Balaban J connectivity index is 1.73. The molecule has 8 heteroatoms. The van der Waals surface area contributed by atoms with Crippen molar-refractivity contribution >= 4 is 28.6 Å². The Bertz CT molecular complexity index is 1520. The molecule has 3 aromatic carbocycles. The van der Waals surface area contributed by atoms with Crippen LogP contribution in [0.5, 0.6) is 17.4 Å². The van der Waals surface area contributed by atoms with Gasteiger partial charge in [-0.2, -0.15) is 0 Å². The molecular weight excluding hydrogens is 458 g/mol. The SMILES string of the molecule is COc1ccc(-n2c(O)c(C=NCC(=O)Nc3c(C)cccc3C)c3ccccc3c2=O)cc1OC. The van der Waals surface area contributed by atoms with Gasteiger partial charge in [0.1, 0.15) is 6.54 Å². The molecule has 0 spiro atoms. The molecule has 0 fully saturated rings. The van der Waals surface area contributed by atoms with Crippen LogP contribution in [-0.4, -0.2) is 42.6 Å². The van der Waals surface area contributed by atoms with Crippen LogP contribution in [-0.2, 0) is 4.79 Å². The molecule has 0 bridgehead atoms. The van der Waals surface area contributed by atoms with Gasteiger partial charge in [0.05, 0.1) is 25.5 Å². The summed E-state index contributed by atoms with van der Waals surface area (Å²) in [7, 11) is 3.01. The van der Waals surface area contributed by atoms with Gasteiger partial charge in [0.15, 0.2) is 11.5 Å². The van der Waals surface area contributed by atoms with E-state index in [0.717, 1.165) is 16.8 Å². The maximum atomic E-state index is 13.3. The van der Waals surface area contributed by atoms with Gasteiger partial charge in [0.2, 0.25) is 11.8 Å². The fraction of sp³-hybridized carbons (Fsp3) is 0.179. The number of aromatic nitrogens is 1. The molecule has 0 saturated carbocycles. The second-order valence-electron chi connectivity index (χ2n) is 8.25. The molecule has 0 aliphatic rings. The number of aromatic hydroxyl groups is 1. The fourth-order valence-electron chi connectivity index (χ4n) is 4.10. The minimum absolute atomic E-state index is 0.156. The van der Waals surface area contributed by atoms with Gasteiger partial charge < -0.3 is 19.9 Å². The molecule has 1 heterocycles. The molecule has 0 radical (unpaired) electrons. The average Bonchev–Trinajstić information content (AvgIpc) is 2.88. The first kappa shape index (κ1) is 24.5. The van der Waals surface area contributed by atoms with Crippen molar-refractivity contribution in [3.05, 3.63) is 87.7 Å². The van der Waals surface area contributed by atoms with Gasteiger partial charge in [0, 0.05) is 28.7 Å². The van der Waals surface area contributed by atoms with Crippen molar-refractivity contribution in [1.82, 2.24) is 4.57 Å². The van der Waals surface area contributed by atoms with E-state index in [-0.39, 0.29) is 18.3 Å². The Morgan fingerprint density at radius 3 is 2.31 bits per heavy atom. The average molecular weight is 486 g/mol. The van der Waals surface area contributed by atoms with Gasteiger partial charge in [-0.05, 0) is 43.2 Å². The number of benzene rings is 3. The van der Waals surface area contributed by atoms with Crippen LogP contribution in [0.4, 0.5) is 5.69 Å². The number of fused-ring (bicyclic) bond motifs is 1. The maximum Gasteiger partial charge on any atom is 0.265 e. The number of carbonyl (C=O) groups excluding carboxylic acids is 1. The zero-order chi connectivity index (χ0) is 25.8. The number of ether oxygens (including phenoxy) is 2. The number of hydrogen-bond donors (Lipinski definition) is 2. The van der Waals surface area contributed by atoms with E-state index in [1.54, 1.807) is 42.5 Å². The highest BCUT2D eigenvalue weighted by molar-refractivity contribution is 6.03. The van der Waals surface area contributed by atoms with Crippen LogP contribution in [0.2, 0.25) is 0 Å². The Morgan fingerprint density at radius 2 is 1.64 bits per heavy atom. The Morgan fingerprint density at radius 1 is 0.972 bits per heavy atom. The number of rotatable bonds is 7. The van der Waals surface area contributed by atoms with Crippen LogP contribution in [0.15, 0.2) is 70.5 Å². The van der Waals surface area contributed by atoms with E-state index in [4.69, 9.17) is 9.47 Å². The highest BCUT2D eigenvalue weighted by atomic mass is 16.5. The van der Waals surface area contributed by atoms with Gasteiger partial charge in [-0.1, -0.05) is 36.4 Å². The summed E-state index contributed by atoms with van der Waals surface area (Å²) in [5.74, 6) is 0.310. The lowest BCUT2D eigenvalue weighted by atomic mass is 10.1. The first-order valence-corrected chi connectivity index (χ1v) is 11.3. The molecule has 0 atom stereocenters. The van der Waals surface area contributed by atoms with Crippen molar-refractivity contribution in [2.45, 2.75) is 13.8 Å². The van der Waals surface area contributed by atoms with Gasteiger partial charge >= 0.3 is 0 Å². The zero-order valence-electron chi connectivity index (χ0n) is 20.5. The highest BCUT2D eigenvalue weighted by Gasteiger charge is 2.18. The molecular formula is C28H27N3O5. The molecule has 184 valence electrons. The number of aliphatic imine (C=N–C) groups is 1. The van der Waals surface area contributed by atoms with Crippen molar-refractivity contribution in [3.63, 3.8) is 0 Å². The smallest absolute Gasteiger partial charge is 0.265 e. The summed E-state index contributed by atoms with van der Waals surface area (Å²) in [5.41, 5.74) is 2.98. The summed E-state index contributed by atoms with van der Waals surface area (Å²) in [4.78, 5) is 30.2. The predicted molar refractivity (Wildman–Crippen MR) is 141 cm³/mol. The van der Waals surface area contributed by atoms with Crippen LogP contribution in [0.1, 0.15) is 16.7 Å². The number of amides is 1. The molecule has 2 N–H and O–H groups in total. The normalized spacial score (nSPS) is 11.1. The van der Waals surface area contributed by atoms with E-state index in [0.29, 0.717) is 33.5 Å². The number of pyridine rings is 1. The van der Waals surface area contributed by atoms with Crippen molar-refractivity contribution in [2.24, 2.45) is 4.99 Å². The number of carbonyl (C=O) groups is 1. The fourth-order valence-corrected chi connectivity index (χ4v) is 4.10. The van der Waals surface area contributed by atoms with E-state index in [1.807, 2.05) is 32.0 Å². The van der Waals surface area contributed by atoms with Crippen LogP contribution in [0.3, 0.4) is 0 Å². The number of para-hydroxylation sites is 1. The quantitative estimate of drug-likeness (QED) is 0.378. The number of nitrogens with one attached hydrogen (secondary N) is 1. The Hall–Kier alpha value is -4.59. The highest BCUT2D eigenvalue weighted by Crippen LogP contribution is 2.32. The Kier molecular flexibility index (Phi) is 7.05. The van der Waals surface area contributed by atoms with E-state index >= 15 is 0 Å². The van der Waals surface area contributed by atoms with Crippen molar-refractivity contribution < 1.29 is 19.4 Å². The molecule has 0 unspecified atom stereocenters. The van der Waals surface area contributed by atoms with Gasteiger partial charge in [0.25, 0.3) is 5.56 Å². The largest absolute Gasteiger partial charge is 0.494 e. The monoisotopic (exact) mass is 485 g/mol. The number of aryl methyl sites for hydroxylation is 2. The topological polar surface area (TPSA) is 102 Å². The molecule has 36 heavy (non-hydrogen) atoms. The molecule has 1 aromatic heterocycles. The molecule has 0 saturated heterocycles. The second-order valence-corrected chi connectivity index (χ2v) is 8.25. The van der Waals surface area contributed by atoms with Gasteiger partial charge in [-0.15, -0.1) is 0 Å². The summed E-state index contributed by atoms with van der Waals surface area (Å²) in [6, 6.07) is 17.6. The first-order valence-electron chi connectivity index (χ1n) is 11.3.